The second-order valence-corrected chi connectivity index (χ2v) is 11.9. The van der Waals surface area contributed by atoms with Gasteiger partial charge in [-0.25, -0.2) is 0 Å². The molecule has 0 aromatic heterocycles. The third-order valence-corrected chi connectivity index (χ3v) is 8.36. The SMILES string of the molecule is C=C1C[C@H](C)C[C@@H]2CC=C[C@@H](CC=CC(=O)N[C@H]([C@H](C=C[C@@H]3CC(C)=CCO3)OC)C[C@@H]3C[C@H]3[C@@H](O)C1)O2. The number of methoxy groups -OCH3 is 1. The standard InChI is InChI=1S/C32H47NO5/c1-21-13-14-37-26(16-21)11-12-31(36-4)29-20-24-19-28(24)30(34)18-23(3)15-22(2)17-27-9-5-7-25(38-27)8-6-10-32(35)33-29/h5-7,10-13,22,24-31,34H,3,8-9,14-20H2,1-2,4H3,(H,33,35)/t22-,24-,25-,26+,27-,28+,29-,30-,31-/m0/s1. The monoisotopic (exact) mass is 525 g/mol. The van der Waals surface area contributed by atoms with Gasteiger partial charge in [-0.1, -0.05) is 61.1 Å². The average molecular weight is 526 g/mol. The van der Waals surface area contributed by atoms with E-state index in [4.69, 9.17) is 14.2 Å². The molecule has 1 saturated carbocycles. The number of fused-ring (bicyclic) bond motifs is 3. The Balaban J connectivity index is 1.47. The summed E-state index contributed by atoms with van der Waals surface area (Å²) in [6.45, 7) is 9.28. The zero-order chi connectivity index (χ0) is 27.1. The molecule has 9 atom stereocenters. The van der Waals surface area contributed by atoms with Crippen LogP contribution in [0.15, 0.2) is 60.3 Å². The van der Waals surface area contributed by atoms with Crippen molar-refractivity contribution in [3.8, 4) is 0 Å². The summed E-state index contributed by atoms with van der Waals surface area (Å²) in [5, 5.41) is 14.2. The maximum atomic E-state index is 13.0. The summed E-state index contributed by atoms with van der Waals surface area (Å²) >= 11 is 0. The van der Waals surface area contributed by atoms with Crippen LogP contribution in [0.1, 0.15) is 65.2 Å². The molecule has 38 heavy (non-hydrogen) atoms. The largest absolute Gasteiger partial charge is 0.392 e. The number of aliphatic hydroxyl groups excluding tert-OH is 1. The molecular formula is C32H47NO5. The quantitative estimate of drug-likeness (QED) is 0.494. The van der Waals surface area contributed by atoms with Crippen molar-refractivity contribution in [2.45, 2.75) is 102 Å². The molecule has 1 fully saturated rings. The highest BCUT2D eigenvalue weighted by atomic mass is 16.5. The molecule has 0 aromatic carbocycles. The summed E-state index contributed by atoms with van der Waals surface area (Å²) < 4.78 is 18.0. The number of rotatable bonds is 4. The smallest absolute Gasteiger partial charge is 0.243 e. The minimum Gasteiger partial charge on any atom is -0.392 e. The van der Waals surface area contributed by atoms with Gasteiger partial charge < -0.3 is 24.6 Å². The van der Waals surface area contributed by atoms with Crippen LogP contribution in [0.4, 0.5) is 0 Å². The fraction of sp³-hybridized carbons (Fsp3) is 0.656. The molecule has 210 valence electrons. The van der Waals surface area contributed by atoms with E-state index >= 15 is 0 Å². The van der Waals surface area contributed by atoms with Gasteiger partial charge in [0.25, 0.3) is 0 Å². The minimum absolute atomic E-state index is 0.0143. The maximum absolute atomic E-state index is 13.0. The van der Waals surface area contributed by atoms with E-state index < -0.39 is 6.10 Å². The second-order valence-electron chi connectivity index (χ2n) is 11.9. The summed E-state index contributed by atoms with van der Waals surface area (Å²) in [5.74, 6) is 0.909. The molecule has 4 rings (SSSR count). The molecule has 2 N–H and O–H groups in total. The van der Waals surface area contributed by atoms with Gasteiger partial charge in [-0.2, -0.15) is 0 Å². The summed E-state index contributed by atoms with van der Waals surface area (Å²) in [6.07, 6.45) is 20.2. The van der Waals surface area contributed by atoms with Crippen molar-refractivity contribution in [1.82, 2.24) is 5.32 Å². The van der Waals surface area contributed by atoms with E-state index in [0.717, 1.165) is 44.1 Å². The van der Waals surface area contributed by atoms with Crippen LogP contribution >= 0.6 is 0 Å². The molecule has 0 saturated heterocycles. The van der Waals surface area contributed by atoms with E-state index in [2.05, 4.69) is 50.0 Å². The highest BCUT2D eigenvalue weighted by molar-refractivity contribution is 5.87. The second kappa shape index (κ2) is 13.9. The lowest BCUT2D eigenvalue weighted by Crippen LogP contribution is -2.43. The van der Waals surface area contributed by atoms with Gasteiger partial charge in [-0.05, 0) is 82.1 Å². The Bertz CT molecular complexity index is 936. The van der Waals surface area contributed by atoms with Crippen molar-refractivity contribution in [3.05, 3.63) is 60.3 Å². The number of ether oxygens (including phenoxy) is 3. The van der Waals surface area contributed by atoms with Crippen molar-refractivity contribution in [3.63, 3.8) is 0 Å². The van der Waals surface area contributed by atoms with Gasteiger partial charge in [0.15, 0.2) is 0 Å². The van der Waals surface area contributed by atoms with Crippen LogP contribution in [0.5, 0.6) is 0 Å². The first-order valence-corrected chi connectivity index (χ1v) is 14.4. The zero-order valence-corrected chi connectivity index (χ0v) is 23.4. The van der Waals surface area contributed by atoms with Crippen LogP contribution < -0.4 is 5.32 Å². The molecule has 4 aliphatic rings. The third-order valence-electron chi connectivity index (χ3n) is 8.36. The molecule has 0 aromatic rings. The highest BCUT2D eigenvalue weighted by Gasteiger charge is 2.44. The first kappa shape index (κ1) is 29.0. The fourth-order valence-corrected chi connectivity index (χ4v) is 6.23. The minimum atomic E-state index is -0.394. The van der Waals surface area contributed by atoms with E-state index in [1.165, 1.54) is 5.57 Å². The molecule has 1 amide bonds. The van der Waals surface area contributed by atoms with E-state index in [1.54, 1.807) is 13.2 Å². The van der Waals surface area contributed by atoms with Gasteiger partial charge in [-0.15, -0.1) is 0 Å². The molecule has 6 nitrogen and oxygen atoms in total. The van der Waals surface area contributed by atoms with Crippen LogP contribution in [0, 0.1) is 17.8 Å². The fourth-order valence-electron chi connectivity index (χ4n) is 6.23. The van der Waals surface area contributed by atoms with Gasteiger partial charge >= 0.3 is 0 Å². The molecule has 0 spiro atoms. The first-order valence-electron chi connectivity index (χ1n) is 14.4. The van der Waals surface area contributed by atoms with Gasteiger partial charge in [0, 0.05) is 7.11 Å². The highest BCUT2D eigenvalue weighted by Crippen LogP contribution is 2.46. The average Bonchev–Trinajstić information content (AvgIpc) is 3.63. The summed E-state index contributed by atoms with van der Waals surface area (Å²) in [5.41, 5.74) is 2.44. The van der Waals surface area contributed by atoms with Crippen LogP contribution in [0.2, 0.25) is 0 Å². The van der Waals surface area contributed by atoms with Gasteiger partial charge in [0.2, 0.25) is 5.91 Å². The lowest BCUT2D eigenvalue weighted by Gasteiger charge is -2.28. The van der Waals surface area contributed by atoms with Gasteiger partial charge in [0.05, 0.1) is 43.2 Å². The Morgan fingerprint density at radius 3 is 2.82 bits per heavy atom. The van der Waals surface area contributed by atoms with E-state index in [-0.39, 0.29) is 42.3 Å². The van der Waals surface area contributed by atoms with Crippen molar-refractivity contribution in [2.24, 2.45) is 17.8 Å². The number of hydrogen-bond donors (Lipinski definition) is 2. The van der Waals surface area contributed by atoms with Crippen LogP contribution in [-0.4, -0.2) is 61.3 Å². The number of carbonyl (C=O) groups excluding carboxylic acids is 1. The normalized spacial score (nSPS) is 38.1. The van der Waals surface area contributed by atoms with Crippen LogP contribution in [0.25, 0.3) is 0 Å². The lowest BCUT2D eigenvalue weighted by atomic mass is 9.90. The van der Waals surface area contributed by atoms with Crippen LogP contribution in [-0.2, 0) is 19.0 Å². The molecule has 3 aliphatic heterocycles. The number of amides is 1. The molecule has 0 radical (unpaired) electrons. The predicted octanol–water partition coefficient (Wildman–Crippen LogP) is 5.20. The molecular weight excluding hydrogens is 478 g/mol. The Kier molecular flexibility index (Phi) is 10.6. The molecule has 2 bridgehead atoms. The van der Waals surface area contributed by atoms with Gasteiger partial charge in [0.1, 0.15) is 0 Å². The Labute approximate surface area is 228 Å². The summed E-state index contributed by atoms with van der Waals surface area (Å²) in [4.78, 5) is 13.0. The number of hydrogen-bond acceptors (Lipinski definition) is 5. The molecule has 1 aliphatic carbocycles. The van der Waals surface area contributed by atoms with E-state index in [9.17, 15) is 9.90 Å². The summed E-state index contributed by atoms with van der Waals surface area (Å²) in [7, 11) is 1.68. The predicted molar refractivity (Wildman–Crippen MR) is 151 cm³/mol. The van der Waals surface area contributed by atoms with Crippen molar-refractivity contribution in [2.75, 3.05) is 13.7 Å². The Morgan fingerprint density at radius 2 is 2.03 bits per heavy atom. The van der Waals surface area contributed by atoms with Crippen molar-refractivity contribution in [1.29, 1.82) is 0 Å². The summed E-state index contributed by atoms with van der Waals surface area (Å²) in [6, 6.07) is -0.201. The number of aliphatic hydroxyl groups is 1. The number of nitrogens with one attached hydrogen (secondary N) is 1. The van der Waals surface area contributed by atoms with Crippen LogP contribution in [0.3, 0.4) is 0 Å². The maximum Gasteiger partial charge on any atom is 0.243 e. The Morgan fingerprint density at radius 1 is 1.18 bits per heavy atom. The van der Waals surface area contributed by atoms with E-state index in [1.807, 2.05) is 12.2 Å². The zero-order valence-electron chi connectivity index (χ0n) is 23.4. The molecule has 0 unspecified atom stereocenters. The van der Waals surface area contributed by atoms with Crippen molar-refractivity contribution >= 4 is 5.91 Å². The molecule has 6 heteroatoms. The third kappa shape index (κ3) is 8.77. The lowest BCUT2D eigenvalue weighted by molar-refractivity contribution is -0.118. The Hall–Kier alpha value is -1.99. The van der Waals surface area contributed by atoms with Crippen molar-refractivity contribution < 1.29 is 24.1 Å². The number of carbonyl (C=O) groups is 1. The topological polar surface area (TPSA) is 77.0 Å². The van der Waals surface area contributed by atoms with Gasteiger partial charge in [-0.3, -0.25) is 4.79 Å². The molecule has 3 heterocycles. The van der Waals surface area contributed by atoms with E-state index in [0.29, 0.717) is 31.3 Å². The first-order chi connectivity index (χ1) is 18.3.